The van der Waals surface area contributed by atoms with Gasteiger partial charge in [-0.1, -0.05) is 96.9 Å². The van der Waals surface area contributed by atoms with E-state index in [-0.39, 0.29) is 48.2 Å². The van der Waals surface area contributed by atoms with Crippen LogP contribution in [0.4, 0.5) is 11.4 Å². The summed E-state index contributed by atoms with van der Waals surface area (Å²) < 4.78 is 6.83. The third kappa shape index (κ3) is 5.42. The van der Waals surface area contributed by atoms with Crippen molar-refractivity contribution in [3.05, 3.63) is 98.1 Å². The number of benzene rings is 3. The zero-order valence-electron chi connectivity index (χ0n) is 26.9. The molecule has 0 aromatic heterocycles. The molecule has 0 saturated carbocycles. The molecule has 3 aromatic carbocycles. The third-order valence-electron chi connectivity index (χ3n) is 10.4. The van der Waals surface area contributed by atoms with Crippen LogP contribution in [-0.2, 0) is 19.1 Å². The van der Waals surface area contributed by atoms with E-state index in [4.69, 9.17) is 4.74 Å². The van der Waals surface area contributed by atoms with Crippen molar-refractivity contribution >= 4 is 55.8 Å². The van der Waals surface area contributed by atoms with Crippen molar-refractivity contribution in [2.24, 2.45) is 17.8 Å². The fourth-order valence-electron chi connectivity index (χ4n) is 7.98. The molecule has 3 heterocycles. The van der Waals surface area contributed by atoms with Gasteiger partial charge in [-0.2, -0.15) is 0 Å². The van der Waals surface area contributed by atoms with Gasteiger partial charge in [-0.15, -0.1) is 13.2 Å². The molecular weight excluding hydrogens is 658 g/mol. The maximum absolute atomic E-state index is 15.1. The van der Waals surface area contributed by atoms with E-state index in [1.807, 2.05) is 86.6 Å². The quantitative estimate of drug-likeness (QED) is 0.193. The Kier molecular flexibility index (Phi) is 9.43. The van der Waals surface area contributed by atoms with Gasteiger partial charge in [0.15, 0.2) is 0 Å². The first-order valence-corrected chi connectivity index (χ1v) is 17.3. The molecule has 3 saturated heterocycles. The Hall–Kier alpha value is -3.79. The second-order valence-electron chi connectivity index (χ2n) is 12.9. The summed E-state index contributed by atoms with van der Waals surface area (Å²) >= 11 is 3.80. The largest absolute Gasteiger partial charge is 0.394 e. The van der Waals surface area contributed by atoms with Gasteiger partial charge in [-0.25, -0.2) is 0 Å². The monoisotopic (exact) mass is 699 g/mol. The van der Waals surface area contributed by atoms with Crippen LogP contribution in [0.5, 0.6) is 0 Å². The first-order chi connectivity index (χ1) is 22.7. The highest BCUT2D eigenvalue weighted by molar-refractivity contribution is 9.09. The van der Waals surface area contributed by atoms with Crippen molar-refractivity contribution in [1.82, 2.24) is 4.90 Å². The molecular formula is C38H42BrN3O5. The normalized spacial score (nSPS) is 27.4. The fourth-order valence-corrected chi connectivity index (χ4v) is 8.93. The van der Waals surface area contributed by atoms with E-state index in [1.165, 1.54) is 0 Å². The van der Waals surface area contributed by atoms with Gasteiger partial charge >= 0.3 is 0 Å². The molecule has 0 aliphatic carbocycles. The van der Waals surface area contributed by atoms with Crippen LogP contribution in [0.15, 0.2) is 98.1 Å². The summed E-state index contributed by atoms with van der Waals surface area (Å²) in [5.41, 5.74) is 0.0828. The van der Waals surface area contributed by atoms with Crippen LogP contribution in [-0.4, -0.2) is 76.0 Å². The van der Waals surface area contributed by atoms with Gasteiger partial charge in [0.25, 0.3) is 5.91 Å². The SMILES string of the molecule is C=CCN(C(=O)C1N([C@@H](CO)[C@@H](C)CC)C(=O)[C@@H]2[C@@H](C(=O)N(CC=C)c3ccccc3)[C@@H]3OC12CC3Br)c1ccc2ccccc2c1. The Morgan fingerprint density at radius 2 is 1.64 bits per heavy atom. The van der Waals surface area contributed by atoms with Crippen molar-refractivity contribution in [3.8, 4) is 0 Å². The third-order valence-corrected chi connectivity index (χ3v) is 11.2. The molecule has 9 heteroatoms. The van der Waals surface area contributed by atoms with Crippen LogP contribution in [0.1, 0.15) is 26.7 Å². The molecule has 3 fully saturated rings. The number of para-hydroxylation sites is 1. The van der Waals surface area contributed by atoms with Gasteiger partial charge in [0.1, 0.15) is 11.6 Å². The van der Waals surface area contributed by atoms with Crippen molar-refractivity contribution in [3.63, 3.8) is 0 Å². The van der Waals surface area contributed by atoms with Crippen molar-refractivity contribution in [2.75, 3.05) is 29.5 Å². The van der Waals surface area contributed by atoms with Gasteiger partial charge < -0.3 is 24.5 Å². The molecule has 2 bridgehead atoms. The highest BCUT2D eigenvalue weighted by atomic mass is 79.9. The average molecular weight is 701 g/mol. The summed E-state index contributed by atoms with van der Waals surface area (Å²) in [6, 6.07) is 21.4. The van der Waals surface area contributed by atoms with Gasteiger partial charge in [0, 0.05) is 29.3 Å². The molecule has 6 rings (SSSR count). The molecule has 246 valence electrons. The summed E-state index contributed by atoms with van der Waals surface area (Å²) in [7, 11) is 0. The van der Waals surface area contributed by atoms with Gasteiger partial charge in [0.05, 0.1) is 30.6 Å². The number of hydrogen-bond acceptors (Lipinski definition) is 5. The summed E-state index contributed by atoms with van der Waals surface area (Å²) in [5.74, 6) is -2.76. The van der Waals surface area contributed by atoms with E-state index in [0.29, 0.717) is 24.2 Å². The molecule has 47 heavy (non-hydrogen) atoms. The molecule has 8 nitrogen and oxygen atoms in total. The topological polar surface area (TPSA) is 90.4 Å². The predicted molar refractivity (Wildman–Crippen MR) is 188 cm³/mol. The Morgan fingerprint density at radius 1 is 1.00 bits per heavy atom. The van der Waals surface area contributed by atoms with Crippen molar-refractivity contribution < 1.29 is 24.2 Å². The van der Waals surface area contributed by atoms with Crippen LogP contribution in [0, 0.1) is 17.8 Å². The van der Waals surface area contributed by atoms with E-state index in [2.05, 4.69) is 29.1 Å². The summed E-state index contributed by atoms with van der Waals surface area (Å²) in [5, 5.41) is 12.8. The number of carbonyl (C=O) groups excluding carboxylic acids is 3. The number of nitrogens with zero attached hydrogens (tertiary/aromatic N) is 3. The molecule has 0 radical (unpaired) electrons. The standard InChI is InChI=1S/C38H42BrN3O5/c1-5-19-40(27-15-9-8-10-16-27)35(44)31-32-36(45)42(30(23-43)24(4)7-3)34(38(32)22-29(39)33(31)47-38)37(46)41(20-6-2)28-18-17-25-13-11-12-14-26(25)21-28/h5-6,8-18,21,24,29-34,43H,1-2,7,19-20,22-23H2,3-4H3/t24-,29?,30-,31+,32-,33+,34?,38?/m0/s1. The maximum atomic E-state index is 15.1. The van der Waals surface area contributed by atoms with Gasteiger partial charge in [-0.3, -0.25) is 14.4 Å². The van der Waals surface area contributed by atoms with Crippen LogP contribution in [0.25, 0.3) is 10.8 Å². The minimum atomic E-state index is -1.28. The zero-order chi connectivity index (χ0) is 33.5. The molecule has 1 N–H and O–H groups in total. The summed E-state index contributed by atoms with van der Waals surface area (Å²) in [4.78, 5) is 49.2. The highest BCUT2D eigenvalue weighted by Crippen LogP contribution is 2.61. The number of fused-ring (bicyclic) bond motifs is 2. The van der Waals surface area contributed by atoms with Crippen LogP contribution in [0.3, 0.4) is 0 Å². The smallest absolute Gasteiger partial charge is 0.253 e. The zero-order valence-corrected chi connectivity index (χ0v) is 28.5. The molecule has 3 aliphatic heterocycles. The Balaban J connectivity index is 1.48. The van der Waals surface area contributed by atoms with Crippen LogP contribution < -0.4 is 9.80 Å². The number of rotatable bonds is 12. The number of hydrogen-bond donors (Lipinski definition) is 1. The van der Waals surface area contributed by atoms with E-state index >= 15 is 4.79 Å². The molecule has 1 spiro atoms. The molecule has 3 aromatic rings. The summed E-state index contributed by atoms with van der Waals surface area (Å²) in [6.07, 6.45) is 3.77. The van der Waals surface area contributed by atoms with Crippen molar-refractivity contribution in [2.45, 2.75) is 55.3 Å². The van der Waals surface area contributed by atoms with Gasteiger partial charge in [-0.05, 0) is 47.4 Å². The second-order valence-corrected chi connectivity index (χ2v) is 14.1. The number of aliphatic hydroxyl groups excluding tert-OH is 1. The second kappa shape index (κ2) is 13.4. The number of ether oxygens (including phenoxy) is 1. The number of likely N-dealkylation sites (tertiary alicyclic amines) is 1. The maximum Gasteiger partial charge on any atom is 0.253 e. The fraction of sp³-hybridized carbons (Fsp3) is 0.395. The van der Waals surface area contributed by atoms with Gasteiger partial charge in [0.2, 0.25) is 11.8 Å². The number of carbonyl (C=O) groups is 3. The van der Waals surface area contributed by atoms with E-state index in [1.54, 1.807) is 26.9 Å². The Morgan fingerprint density at radius 3 is 2.28 bits per heavy atom. The minimum Gasteiger partial charge on any atom is -0.394 e. The Bertz CT molecular complexity index is 1680. The average Bonchev–Trinajstić information content (AvgIpc) is 3.69. The first-order valence-electron chi connectivity index (χ1n) is 16.4. The number of alkyl halides is 1. The lowest BCUT2D eigenvalue weighted by Crippen LogP contribution is -2.60. The lowest BCUT2D eigenvalue weighted by Gasteiger charge is -2.41. The minimum absolute atomic E-state index is 0.115. The van der Waals surface area contributed by atoms with E-state index in [9.17, 15) is 14.7 Å². The molecule has 3 unspecified atom stereocenters. The summed E-state index contributed by atoms with van der Waals surface area (Å²) in [6.45, 7) is 11.9. The van der Waals surface area contributed by atoms with E-state index < -0.39 is 35.6 Å². The molecule has 3 aliphatic rings. The number of amides is 3. The number of aliphatic hydroxyl groups is 1. The number of anilines is 2. The first kappa shape index (κ1) is 33.1. The van der Waals surface area contributed by atoms with Crippen molar-refractivity contribution in [1.29, 1.82) is 0 Å². The highest BCUT2D eigenvalue weighted by Gasteiger charge is 2.77. The van der Waals surface area contributed by atoms with E-state index in [0.717, 1.165) is 10.8 Å². The predicted octanol–water partition coefficient (Wildman–Crippen LogP) is 5.73. The molecule has 3 amide bonds. The number of halogens is 1. The molecule has 8 atom stereocenters. The lowest BCUT2D eigenvalue weighted by molar-refractivity contribution is -0.145. The lowest BCUT2D eigenvalue weighted by atomic mass is 9.70. The van der Waals surface area contributed by atoms with Crippen LogP contribution >= 0.6 is 15.9 Å². The van der Waals surface area contributed by atoms with Crippen LogP contribution in [0.2, 0.25) is 0 Å². The Labute approximate surface area is 284 Å².